The van der Waals surface area contributed by atoms with Crippen molar-refractivity contribution in [1.82, 2.24) is 9.97 Å². The number of amides is 1. The number of hydrogen-bond donors (Lipinski definition) is 1. The molecule has 0 radical (unpaired) electrons. The molecule has 1 aromatic carbocycles. The molecule has 0 saturated heterocycles. The lowest BCUT2D eigenvalue weighted by Gasteiger charge is -2.13. The smallest absolute Gasteiger partial charge is 0.411 e. The van der Waals surface area contributed by atoms with Gasteiger partial charge in [-0.3, -0.25) is 5.32 Å². The predicted octanol–water partition coefficient (Wildman–Crippen LogP) is 3.56. The highest BCUT2D eigenvalue weighted by Crippen LogP contribution is 2.21. The number of anilines is 1. The van der Waals surface area contributed by atoms with Gasteiger partial charge < -0.3 is 9.47 Å². The molecule has 2 rings (SSSR count). The Bertz CT molecular complexity index is 602. The monoisotopic (exact) mass is 351 g/mol. The van der Waals surface area contributed by atoms with Gasteiger partial charge in [0.15, 0.2) is 11.9 Å². The van der Waals surface area contributed by atoms with Crippen LogP contribution >= 0.6 is 15.9 Å². The van der Waals surface area contributed by atoms with Crippen LogP contribution in [0.15, 0.2) is 41.1 Å². The molecule has 0 spiro atoms. The van der Waals surface area contributed by atoms with Crippen LogP contribution in [0.25, 0.3) is 0 Å². The summed E-state index contributed by atoms with van der Waals surface area (Å²) in [5.41, 5.74) is 0.627. The van der Waals surface area contributed by atoms with Gasteiger partial charge >= 0.3 is 6.09 Å². The number of halogens is 1. The first-order valence-electron chi connectivity index (χ1n) is 6.17. The van der Waals surface area contributed by atoms with Crippen molar-refractivity contribution < 1.29 is 14.3 Å². The van der Waals surface area contributed by atoms with Crippen LogP contribution in [0, 0.1) is 0 Å². The average Bonchev–Trinajstić information content (AvgIpc) is 2.49. The Kier molecular flexibility index (Phi) is 5.10. The minimum absolute atomic E-state index is 0.280. The number of nitrogens with zero attached hydrogens (tertiary/aromatic N) is 2. The minimum Gasteiger partial charge on any atom is -0.483 e. The third-order valence-electron chi connectivity index (χ3n) is 2.60. The number of carbonyl (C=O) groups excluding carboxylic acids is 1. The minimum atomic E-state index is -0.514. The van der Waals surface area contributed by atoms with Gasteiger partial charge in [0.05, 0.1) is 11.6 Å². The number of hydrogen-bond acceptors (Lipinski definition) is 5. The van der Waals surface area contributed by atoms with Crippen LogP contribution in [-0.4, -0.2) is 23.2 Å². The Hall–Kier alpha value is -2.15. The summed E-state index contributed by atoms with van der Waals surface area (Å²) in [6.45, 7) is 1.86. The molecule has 2 aromatic rings. The summed E-state index contributed by atoms with van der Waals surface area (Å²) in [6.07, 6.45) is 2.55. The first-order chi connectivity index (χ1) is 10.1. The van der Waals surface area contributed by atoms with Crippen LogP contribution in [0.4, 0.5) is 10.5 Å². The van der Waals surface area contributed by atoms with Gasteiger partial charge in [0.25, 0.3) is 0 Å². The SMILES string of the molecule is COC(=O)Nc1ccc(O[C@H](C)c2ncc(Br)cn2)cc1. The number of carbonyl (C=O) groups is 1. The largest absolute Gasteiger partial charge is 0.483 e. The van der Waals surface area contributed by atoms with Crippen LogP contribution in [0.5, 0.6) is 5.75 Å². The zero-order valence-corrected chi connectivity index (χ0v) is 13.1. The molecular formula is C14H14BrN3O3. The quantitative estimate of drug-likeness (QED) is 0.911. The van der Waals surface area contributed by atoms with E-state index < -0.39 is 6.09 Å². The molecule has 0 bridgehead atoms. The molecule has 0 fully saturated rings. The van der Waals surface area contributed by atoms with Gasteiger partial charge in [-0.25, -0.2) is 14.8 Å². The van der Waals surface area contributed by atoms with Gasteiger partial charge in [-0.05, 0) is 47.1 Å². The van der Waals surface area contributed by atoms with Crippen LogP contribution in [-0.2, 0) is 4.74 Å². The molecule has 1 atom stereocenters. The van der Waals surface area contributed by atoms with Gasteiger partial charge in [-0.15, -0.1) is 0 Å². The Morgan fingerprint density at radius 2 is 1.86 bits per heavy atom. The highest BCUT2D eigenvalue weighted by molar-refractivity contribution is 9.10. The molecule has 110 valence electrons. The Morgan fingerprint density at radius 3 is 2.43 bits per heavy atom. The standard InChI is InChI=1S/C14H14BrN3O3/c1-9(13-16-7-10(15)8-17-13)21-12-5-3-11(4-6-12)18-14(19)20-2/h3-9H,1-2H3,(H,18,19)/t9-/m1/s1. The summed E-state index contributed by atoms with van der Waals surface area (Å²) < 4.78 is 11.1. The molecule has 1 aromatic heterocycles. The summed E-state index contributed by atoms with van der Waals surface area (Å²) in [7, 11) is 1.31. The van der Waals surface area contributed by atoms with E-state index in [4.69, 9.17) is 4.74 Å². The Morgan fingerprint density at radius 1 is 1.24 bits per heavy atom. The topological polar surface area (TPSA) is 73.3 Å². The summed E-state index contributed by atoms with van der Waals surface area (Å²) in [5.74, 6) is 1.25. The lowest BCUT2D eigenvalue weighted by molar-refractivity contribution is 0.187. The molecule has 21 heavy (non-hydrogen) atoms. The summed E-state index contributed by atoms with van der Waals surface area (Å²) in [5, 5.41) is 2.56. The van der Waals surface area contributed by atoms with Crippen LogP contribution in [0.3, 0.4) is 0 Å². The third-order valence-corrected chi connectivity index (χ3v) is 3.01. The van der Waals surface area contributed by atoms with Crippen molar-refractivity contribution in [2.75, 3.05) is 12.4 Å². The highest BCUT2D eigenvalue weighted by Gasteiger charge is 2.10. The molecule has 0 aliphatic carbocycles. The molecule has 7 heteroatoms. The fourth-order valence-corrected chi connectivity index (χ4v) is 1.78. The number of methoxy groups -OCH3 is 1. The second-order valence-corrected chi connectivity index (χ2v) is 5.08. The zero-order valence-electron chi connectivity index (χ0n) is 11.5. The summed E-state index contributed by atoms with van der Waals surface area (Å²) in [4.78, 5) is 19.4. The molecule has 0 unspecified atom stereocenters. The van der Waals surface area contributed by atoms with Gasteiger partial charge in [0.1, 0.15) is 5.75 Å². The van der Waals surface area contributed by atoms with E-state index in [0.29, 0.717) is 17.3 Å². The fourth-order valence-electron chi connectivity index (χ4n) is 1.57. The Balaban J connectivity index is 1.99. The van der Waals surface area contributed by atoms with E-state index in [1.165, 1.54) is 7.11 Å². The van der Waals surface area contributed by atoms with Crippen molar-refractivity contribution in [3.05, 3.63) is 47.0 Å². The maximum Gasteiger partial charge on any atom is 0.411 e. The molecule has 6 nitrogen and oxygen atoms in total. The Labute approximate surface area is 130 Å². The van der Waals surface area contributed by atoms with Crippen LogP contribution in [0.2, 0.25) is 0 Å². The second-order valence-electron chi connectivity index (χ2n) is 4.16. The highest BCUT2D eigenvalue weighted by atomic mass is 79.9. The fraction of sp³-hybridized carbons (Fsp3) is 0.214. The van der Waals surface area contributed by atoms with Crippen LogP contribution in [0.1, 0.15) is 18.9 Å². The molecular weight excluding hydrogens is 338 g/mol. The number of aromatic nitrogens is 2. The molecule has 1 heterocycles. The number of rotatable bonds is 4. The lowest BCUT2D eigenvalue weighted by Crippen LogP contribution is -2.11. The maximum absolute atomic E-state index is 11.1. The van der Waals surface area contributed by atoms with E-state index in [1.54, 1.807) is 36.7 Å². The molecule has 0 saturated carbocycles. The van der Waals surface area contributed by atoms with E-state index in [2.05, 4.69) is 36.0 Å². The molecule has 1 N–H and O–H groups in total. The van der Waals surface area contributed by atoms with Gasteiger partial charge in [-0.2, -0.15) is 0 Å². The van der Waals surface area contributed by atoms with Gasteiger partial charge in [0, 0.05) is 18.1 Å². The zero-order chi connectivity index (χ0) is 15.2. The second kappa shape index (κ2) is 7.03. The van der Waals surface area contributed by atoms with Crippen molar-refractivity contribution in [2.45, 2.75) is 13.0 Å². The van der Waals surface area contributed by atoms with Crippen molar-refractivity contribution in [2.24, 2.45) is 0 Å². The summed E-state index contributed by atoms with van der Waals surface area (Å²) >= 11 is 3.28. The number of benzene rings is 1. The van der Waals surface area contributed by atoms with Gasteiger partial charge in [-0.1, -0.05) is 0 Å². The van der Waals surface area contributed by atoms with Crippen molar-refractivity contribution in [3.8, 4) is 5.75 Å². The normalized spacial score (nSPS) is 11.6. The van der Waals surface area contributed by atoms with E-state index >= 15 is 0 Å². The van der Waals surface area contributed by atoms with E-state index in [0.717, 1.165) is 4.47 Å². The average molecular weight is 352 g/mol. The first-order valence-corrected chi connectivity index (χ1v) is 6.97. The molecule has 0 aliphatic heterocycles. The first kappa shape index (κ1) is 15.2. The lowest BCUT2D eigenvalue weighted by atomic mass is 10.3. The van der Waals surface area contributed by atoms with E-state index in [1.807, 2.05) is 6.92 Å². The summed E-state index contributed by atoms with van der Waals surface area (Å²) in [6, 6.07) is 6.95. The van der Waals surface area contributed by atoms with E-state index in [-0.39, 0.29) is 6.10 Å². The molecule has 0 aliphatic rings. The van der Waals surface area contributed by atoms with E-state index in [9.17, 15) is 4.79 Å². The predicted molar refractivity (Wildman–Crippen MR) is 81.2 cm³/mol. The number of ether oxygens (including phenoxy) is 2. The van der Waals surface area contributed by atoms with Crippen LogP contribution < -0.4 is 10.1 Å². The maximum atomic E-state index is 11.1. The van der Waals surface area contributed by atoms with Crippen molar-refractivity contribution >= 4 is 27.7 Å². The molecule has 1 amide bonds. The van der Waals surface area contributed by atoms with Crippen molar-refractivity contribution in [3.63, 3.8) is 0 Å². The number of nitrogens with one attached hydrogen (secondary N) is 1. The third kappa shape index (κ3) is 4.42. The van der Waals surface area contributed by atoms with Crippen molar-refractivity contribution in [1.29, 1.82) is 0 Å². The van der Waals surface area contributed by atoms with Gasteiger partial charge in [0.2, 0.25) is 0 Å².